The third-order valence-corrected chi connectivity index (χ3v) is 4.11. The first kappa shape index (κ1) is 15.1. The topological polar surface area (TPSA) is 26.3 Å². The molecule has 0 N–H and O–H groups in total. The maximum atomic E-state index is 12.4. The molecule has 2 aromatic carbocycles. The van der Waals surface area contributed by atoms with E-state index in [4.69, 9.17) is 16.3 Å². The summed E-state index contributed by atoms with van der Waals surface area (Å²) in [5.74, 6) is 0.776. The Morgan fingerprint density at radius 2 is 2.00 bits per heavy atom. The van der Waals surface area contributed by atoms with E-state index in [1.165, 1.54) is 0 Å². The minimum atomic E-state index is 0.0407. The van der Waals surface area contributed by atoms with Gasteiger partial charge in [-0.3, -0.25) is 4.79 Å². The minimum absolute atomic E-state index is 0.0407. The van der Waals surface area contributed by atoms with Gasteiger partial charge in [-0.15, -0.1) is 0 Å². The van der Waals surface area contributed by atoms with Crippen LogP contribution >= 0.6 is 27.5 Å². The molecule has 0 atom stereocenters. The van der Waals surface area contributed by atoms with Gasteiger partial charge in [0.05, 0.1) is 7.11 Å². The zero-order chi connectivity index (χ0) is 14.7. The first-order valence-electron chi connectivity index (χ1n) is 6.13. The predicted octanol–water partition coefficient (Wildman–Crippen LogP) is 4.84. The number of rotatable bonds is 4. The molecule has 104 valence electrons. The maximum Gasteiger partial charge on any atom is 0.167 e. The lowest BCUT2D eigenvalue weighted by Gasteiger charge is -2.09. The smallest absolute Gasteiger partial charge is 0.167 e. The van der Waals surface area contributed by atoms with Crippen molar-refractivity contribution in [3.8, 4) is 5.75 Å². The molecule has 0 aliphatic carbocycles. The lowest BCUT2D eigenvalue weighted by atomic mass is 9.99. The molecular weight excluding hydrogens is 340 g/mol. The highest BCUT2D eigenvalue weighted by atomic mass is 79.9. The van der Waals surface area contributed by atoms with E-state index in [1.807, 2.05) is 31.2 Å². The third kappa shape index (κ3) is 3.41. The normalized spacial score (nSPS) is 10.4. The second-order valence-corrected chi connectivity index (χ2v) is 5.81. The number of carbonyl (C=O) groups is 1. The number of ketones is 1. The lowest BCUT2D eigenvalue weighted by Crippen LogP contribution is -2.06. The van der Waals surface area contributed by atoms with E-state index in [1.54, 1.807) is 19.2 Å². The number of carbonyl (C=O) groups excluding carboxylic acids is 1. The van der Waals surface area contributed by atoms with Crippen molar-refractivity contribution in [2.75, 3.05) is 7.11 Å². The Kier molecular flexibility index (Phi) is 4.84. The Bertz CT molecular complexity index is 653. The van der Waals surface area contributed by atoms with Crippen molar-refractivity contribution in [1.82, 2.24) is 0 Å². The van der Waals surface area contributed by atoms with Gasteiger partial charge in [0, 0.05) is 21.5 Å². The van der Waals surface area contributed by atoms with E-state index in [2.05, 4.69) is 15.9 Å². The van der Waals surface area contributed by atoms with Crippen LogP contribution < -0.4 is 4.74 Å². The molecule has 0 fully saturated rings. The maximum absolute atomic E-state index is 12.4. The number of methoxy groups -OCH3 is 1. The molecule has 0 spiro atoms. The summed E-state index contributed by atoms with van der Waals surface area (Å²) in [4.78, 5) is 12.4. The lowest BCUT2D eigenvalue weighted by molar-refractivity contribution is 0.0992. The van der Waals surface area contributed by atoms with Crippen LogP contribution in [-0.4, -0.2) is 12.9 Å². The molecule has 0 aromatic heterocycles. The number of hydrogen-bond acceptors (Lipinski definition) is 2. The fraction of sp³-hybridized carbons (Fsp3) is 0.188. The number of halogens is 2. The summed E-state index contributed by atoms with van der Waals surface area (Å²) in [6, 6.07) is 11.0. The van der Waals surface area contributed by atoms with Crippen molar-refractivity contribution in [1.29, 1.82) is 0 Å². The van der Waals surface area contributed by atoms with Crippen LogP contribution in [0.25, 0.3) is 0 Å². The van der Waals surface area contributed by atoms with Crippen molar-refractivity contribution in [2.45, 2.75) is 13.3 Å². The van der Waals surface area contributed by atoms with Gasteiger partial charge in [-0.2, -0.15) is 0 Å². The largest absolute Gasteiger partial charge is 0.497 e. The van der Waals surface area contributed by atoms with Crippen LogP contribution in [0.2, 0.25) is 5.02 Å². The summed E-state index contributed by atoms with van der Waals surface area (Å²) in [5, 5.41) is 0.573. The molecule has 0 saturated carbocycles. The third-order valence-electron chi connectivity index (χ3n) is 3.10. The highest BCUT2D eigenvalue weighted by Gasteiger charge is 2.13. The van der Waals surface area contributed by atoms with Gasteiger partial charge in [-0.05, 0) is 48.4 Å². The van der Waals surface area contributed by atoms with Gasteiger partial charge >= 0.3 is 0 Å². The van der Waals surface area contributed by atoms with Gasteiger partial charge in [0.1, 0.15) is 5.75 Å². The minimum Gasteiger partial charge on any atom is -0.497 e. The van der Waals surface area contributed by atoms with Gasteiger partial charge in [-0.25, -0.2) is 0 Å². The molecule has 2 aromatic rings. The number of benzene rings is 2. The van der Waals surface area contributed by atoms with Crippen molar-refractivity contribution in [3.05, 3.63) is 62.6 Å². The van der Waals surface area contributed by atoms with Crippen molar-refractivity contribution >= 4 is 33.3 Å². The SMILES string of the molecule is COc1ccc(Br)c(CC(=O)c2cc(Cl)ccc2C)c1. The molecule has 0 aliphatic heterocycles. The predicted molar refractivity (Wildman–Crippen MR) is 84.9 cm³/mol. The average molecular weight is 354 g/mol. The van der Waals surface area contributed by atoms with Gasteiger partial charge in [-0.1, -0.05) is 33.6 Å². The van der Waals surface area contributed by atoms with Gasteiger partial charge < -0.3 is 4.74 Å². The monoisotopic (exact) mass is 352 g/mol. The van der Waals surface area contributed by atoms with Crippen LogP contribution in [0.4, 0.5) is 0 Å². The van der Waals surface area contributed by atoms with E-state index in [0.717, 1.165) is 21.3 Å². The highest BCUT2D eigenvalue weighted by molar-refractivity contribution is 9.10. The first-order chi connectivity index (χ1) is 9.51. The van der Waals surface area contributed by atoms with E-state index < -0.39 is 0 Å². The average Bonchev–Trinajstić information content (AvgIpc) is 2.43. The summed E-state index contributed by atoms with van der Waals surface area (Å²) in [6.45, 7) is 1.91. The summed E-state index contributed by atoms with van der Waals surface area (Å²) in [6.07, 6.45) is 0.305. The summed E-state index contributed by atoms with van der Waals surface area (Å²) in [5.41, 5.74) is 2.49. The molecule has 20 heavy (non-hydrogen) atoms. The van der Waals surface area contributed by atoms with Crippen LogP contribution in [0.1, 0.15) is 21.5 Å². The molecule has 0 radical (unpaired) electrons. The summed E-state index contributed by atoms with van der Waals surface area (Å²) < 4.78 is 6.08. The Balaban J connectivity index is 2.30. The standard InChI is InChI=1S/C16H14BrClO2/c1-10-3-4-12(18)9-14(10)16(19)8-11-7-13(20-2)5-6-15(11)17/h3-7,9H,8H2,1-2H3. The Hall–Kier alpha value is -1.32. The number of hydrogen-bond donors (Lipinski definition) is 0. The van der Waals surface area contributed by atoms with Crippen LogP contribution in [0.15, 0.2) is 40.9 Å². The molecule has 0 saturated heterocycles. The van der Waals surface area contributed by atoms with Crippen LogP contribution in [0.5, 0.6) is 5.75 Å². The number of Topliss-reactive ketones (excluding diaryl/α,β-unsaturated/α-hetero) is 1. The first-order valence-corrected chi connectivity index (χ1v) is 7.30. The Morgan fingerprint density at radius 3 is 2.70 bits per heavy atom. The second kappa shape index (κ2) is 6.42. The van der Waals surface area contributed by atoms with Crippen LogP contribution in [0, 0.1) is 6.92 Å². The van der Waals surface area contributed by atoms with E-state index in [-0.39, 0.29) is 5.78 Å². The van der Waals surface area contributed by atoms with Crippen LogP contribution in [0.3, 0.4) is 0 Å². The van der Waals surface area contributed by atoms with Crippen molar-refractivity contribution in [2.24, 2.45) is 0 Å². The van der Waals surface area contributed by atoms with Crippen LogP contribution in [-0.2, 0) is 6.42 Å². The van der Waals surface area contributed by atoms with Crippen molar-refractivity contribution in [3.63, 3.8) is 0 Å². The summed E-state index contributed by atoms with van der Waals surface area (Å²) in [7, 11) is 1.61. The van der Waals surface area contributed by atoms with Crippen molar-refractivity contribution < 1.29 is 9.53 Å². The number of aryl methyl sites for hydroxylation is 1. The molecule has 4 heteroatoms. The van der Waals surface area contributed by atoms with E-state index in [0.29, 0.717) is 17.0 Å². The molecule has 0 aliphatic rings. The molecular formula is C16H14BrClO2. The molecule has 0 heterocycles. The zero-order valence-corrected chi connectivity index (χ0v) is 13.6. The van der Waals surface area contributed by atoms with Gasteiger partial charge in [0.15, 0.2) is 5.78 Å². The molecule has 0 amide bonds. The molecule has 0 bridgehead atoms. The van der Waals surface area contributed by atoms with E-state index in [9.17, 15) is 4.79 Å². The Labute approximate surface area is 131 Å². The number of ether oxygens (including phenoxy) is 1. The highest BCUT2D eigenvalue weighted by Crippen LogP contribution is 2.25. The van der Waals surface area contributed by atoms with Gasteiger partial charge in [0.2, 0.25) is 0 Å². The quantitative estimate of drug-likeness (QED) is 0.735. The summed E-state index contributed by atoms with van der Waals surface area (Å²) >= 11 is 9.42. The fourth-order valence-corrected chi connectivity index (χ4v) is 2.54. The molecule has 2 rings (SSSR count). The second-order valence-electron chi connectivity index (χ2n) is 4.52. The Morgan fingerprint density at radius 1 is 1.25 bits per heavy atom. The molecule has 0 unspecified atom stereocenters. The van der Waals surface area contributed by atoms with Gasteiger partial charge in [0.25, 0.3) is 0 Å². The zero-order valence-electron chi connectivity index (χ0n) is 11.2. The molecule has 2 nitrogen and oxygen atoms in total. The fourth-order valence-electron chi connectivity index (χ4n) is 1.98. The van der Waals surface area contributed by atoms with E-state index >= 15 is 0 Å².